The van der Waals surface area contributed by atoms with Gasteiger partial charge in [0.25, 0.3) is 0 Å². The second kappa shape index (κ2) is 9.78. The van der Waals surface area contributed by atoms with Gasteiger partial charge in [0.1, 0.15) is 0 Å². The minimum atomic E-state index is 0. The fourth-order valence-corrected chi connectivity index (χ4v) is 2.56. The summed E-state index contributed by atoms with van der Waals surface area (Å²) >= 11 is 6.17. The molecule has 0 saturated carbocycles. The van der Waals surface area contributed by atoms with Gasteiger partial charge < -0.3 is 5.32 Å². The van der Waals surface area contributed by atoms with Gasteiger partial charge in [-0.3, -0.25) is 9.88 Å². The van der Waals surface area contributed by atoms with E-state index in [0.29, 0.717) is 6.04 Å². The van der Waals surface area contributed by atoms with E-state index < -0.39 is 0 Å². The van der Waals surface area contributed by atoms with Crippen molar-refractivity contribution in [2.24, 2.45) is 0 Å². The highest BCUT2D eigenvalue weighted by molar-refractivity contribution is 6.31. The third-order valence-electron chi connectivity index (χ3n) is 3.29. The molecule has 1 N–H and O–H groups in total. The van der Waals surface area contributed by atoms with Crippen molar-refractivity contribution >= 4 is 36.4 Å². The Balaban J connectivity index is 0.00000162. The average Bonchev–Trinajstić information content (AvgIpc) is 2.85. The molecule has 1 fully saturated rings. The van der Waals surface area contributed by atoms with E-state index in [2.05, 4.69) is 22.1 Å². The lowest BCUT2D eigenvalue weighted by Crippen LogP contribution is -2.37. The first-order valence-electron chi connectivity index (χ1n) is 6.34. The standard InChI is InChI=1S/C13H20ClN3.2ClH/c1-2-7-17(12-4-6-15-8-12)10-11-3-5-16-9-13(11)14;;/h3,5,9,12,15H,2,4,6-8,10H2,1H3;2*1H. The summed E-state index contributed by atoms with van der Waals surface area (Å²) in [4.78, 5) is 6.56. The monoisotopic (exact) mass is 325 g/mol. The highest BCUT2D eigenvalue weighted by Gasteiger charge is 2.22. The number of pyridine rings is 1. The molecule has 2 rings (SSSR count). The fraction of sp³-hybridized carbons (Fsp3) is 0.615. The van der Waals surface area contributed by atoms with Crippen LogP contribution >= 0.6 is 36.4 Å². The molecule has 1 aliphatic rings. The molecule has 1 atom stereocenters. The fourth-order valence-electron chi connectivity index (χ4n) is 2.38. The average molecular weight is 327 g/mol. The Labute approximate surface area is 132 Å². The lowest BCUT2D eigenvalue weighted by atomic mass is 10.1. The van der Waals surface area contributed by atoms with Crippen molar-refractivity contribution in [3.05, 3.63) is 29.0 Å². The SMILES string of the molecule is CCCN(Cc1ccncc1Cl)C1CCNC1.Cl.Cl. The van der Waals surface area contributed by atoms with Crippen LogP contribution in [0.1, 0.15) is 25.3 Å². The van der Waals surface area contributed by atoms with Gasteiger partial charge in [0, 0.05) is 31.5 Å². The Bertz CT molecular complexity index is 357. The zero-order valence-corrected chi connectivity index (χ0v) is 13.5. The summed E-state index contributed by atoms with van der Waals surface area (Å²) < 4.78 is 0. The Morgan fingerprint density at radius 2 is 2.26 bits per heavy atom. The van der Waals surface area contributed by atoms with Crippen molar-refractivity contribution in [3.8, 4) is 0 Å². The molecule has 1 aromatic rings. The van der Waals surface area contributed by atoms with Crippen LogP contribution in [0.15, 0.2) is 18.5 Å². The molecule has 2 heterocycles. The molecule has 19 heavy (non-hydrogen) atoms. The van der Waals surface area contributed by atoms with Crippen molar-refractivity contribution in [1.29, 1.82) is 0 Å². The van der Waals surface area contributed by atoms with Crippen LogP contribution in [0.4, 0.5) is 0 Å². The van der Waals surface area contributed by atoms with Crippen LogP contribution in [-0.2, 0) is 6.54 Å². The van der Waals surface area contributed by atoms with Gasteiger partial charge >= 0.3 is 0 Å². The number of nitrogens with one attached hydrogen (secondary N) is 1. The van der Waals surface area contributed by atoms with E-state index in [-0.39, 0.29) is 24.8 Å². The van der Waals surface area contributed by atoms with Crippen molar-refractivity contribution in [2.45, 2.75) is 32.4 Å². The molecule has 0 spiro atoms. The minimum absolute atomic E-state index is 0. The largest absolute Gasteiger partial charge is 0.315 e. The Morgan fingerprint density at radius 3 is 2.84 bits per heavy atom. The van der Waals surface area contributed by atoms with Gasteiger partial charge in [0.2, 0.25) is 0 Å². The third kappa shape index (κ3) is 5.44. The maximum Gasteiger partial charge on any atom is 0.0634 e. The van der Waals surface area contributed by atoms with Crippen LogP contribution in [0.3, 0.4) is 0 Å². The molecule has 0 amide bonds. The smallest absolute Gasteiger partial charge is 0.0634 e. The van der Waals surface area contributed by atoms with Gasteiger partial charge in [-0.2, -0.15) is 0 Å². The van der Waals surface area contributed by atoms with Crippen LogP contribution in [0, 0.1) is 0 Å². The number of hydrogen-bond donors (Lipinski definition) is 1. The van der Waals surface area contributed by atoms with Crippen molar-refractivity contribution in [1.82, 2.24) is 15.2 Å². The van der Waals surface area contributed by atoms with Crippen LogP contribution in [0.25, 0.3) is 0 Å². The van der Waals surface area contributed by atoms with E-state index in [0.717, 1.165) is 31.2 Å². The first kappa shape index (κ1) is 18.9. The van der Waals surface area contributed by atoms with Gasteiger partial charge in [0.15, 0.2) is 0 Å². The predicted molar refractivity (Wildman–Crippen MR) is 85.7 cm³/mol. The maximum absolute atomic E-state index is 6.17. The van der Waals surface area contributed by atoms with Crippen molar-refractivity contribution in [3.63, 3.8) is 0 Å². The summed E-state index contributed by atoms with van der Waals surface area (Å²) in [5, 5.41) is 4.20. The summed E-state index contributed by atoms with van der Waals surface area (Å²) in [7, 11) is 0. The number of rotatable bonds is 5. The van der Waals surface area contributed by atoms with Crippen LogP contribution in [0.2, 0.25) is 5.02 Å². The predicted octanol–water partition coefficient (Wildman–Crippen LogP) is 3.15. The summed E-state index contributed by atoms with van der Waals surface area (Å²) in [6.07, 6.45) is 5.97. The van der Waals surface area contributed by atoms with E-state index in [1.807, 2.05) is 12.3 Å². The van der Waals surface area contributed by atoms with E-state index in [4.69, 9.17) is 11.6 Å². The molecule has 3 nitrogen and oxygen atoms in total. The van der Waals surface area contributed by atoms with Crippen LogP contribution in [0.5, 0.6) is 0 Å². The zero-order valence-electron chi connectivity index (χ0n) is 11.1. The molecule has 0 aliphatic carbocycles. The topological polar surface area (TPSA) is 28.2 Å². The summed E-state index contributed by atoms with van der Waals surface area (Å²) in [5.41, 5.74) is 1.18. The molecule has 1 unspecified atom stereocenters. The van der Waals surface area contributed by atoms with Gasteiger partial charge in [-0.05, 0) is 37.6 Å². The summed E-state index contributed by atoms with van der Waals surface area (Å²) in [5.74, 6) is 0. The molecule has 0 aromatic carbocycles. The molecule has 1 aliphatic heterocycles. The molecule has 0 radical (unpaired) electrons. The molecular weight excluding hydrogens is 305 g/mol. The maximum atomic E-state index is 6.17. The number of halogens is 3. The normalized spacial score (nSPS) is 17.9. The van der Waals surface area contributed by atoms with E-state index >= 15 is 0 Å². The molecule has 1 saturated heterocycles. The molecule has 6 heteroatoms. The lowest BCUT2D eigenvalue weighted by molar-refractivity contribution is 0.199. The zero-order chi connectivity index (χ0) is 12.1. The highest BCUT2D eigenvalue weighted by Crippen LogP contribution is 2.19. The second-order valence-corrected chi connectivity index (χ2v) is 4.99. The second-order valence-electron chi connectivity index (χ2n) is 4.58. The van der Waals surface area contributed by atoms with E-state index in [1.165, 1.54) is 18.4 Å². The summed E-state index contributed by atoms with van der Waals surface area (Å²) in [6, 6.07) is 2.67. The van der Waals surface area contributed by atoms with Gasteiger partial charge in [0.05, 0.1) is 5.02 Å². The first-order chi connectivity index (χ1) is 8.31. The quantitative estimate of drug-likeness (QED) is 0.901. The Hall–Kier alpha value is -0.0600. The Morgan fingerprint density at radius 1 is 1.47 bits per heavy atom. The highest BCUT2D eigenvalue weighted by atomic mass is 35.5. The first-order valence-corrected chi connectivity index (χ1v) is 6.72. The van der Waals surface area contributed by atoms with Crippen molar-refractivity contribution < 1.29 is 0 Å². The lowest BCUT2D eigenvalue weighted by Gasteiger charge is -2.28. The van der Waals surface area contributed by atoms with E-state index in [9.17, 15) is 0 Å². The number of nitrogens with zero attached hydrogens (tertiary/aromatic N) is 2. The molecular formula is C13H22Cl3N3. The molecule has 110 valence electrons. The van der Waals surface area contributed by atoms with E-state index in [1.54, 1.807) is 6.20 Å². The third-order valence-corrected chi connectivity index (χ3v) is 3.63. The number of hydrogen-bond acceptors (Lipinski definition) is 3. The van der Waals surface area contributed by atoms with Gasteiger partial charge in [-0.15, -0.1) is 24.8 Å². The molecule has 1 aromatic heterocycles. The minimum Gasteiger partial charge on any atom is -0.315 e. The Kier molecular flexibility index (Phi) is 9.75. The van der Waals surface area contributed by atoms with Crippen LogP contribution in [-0.4, -0.2) is 35.6 Å². The van der Waals surface area contributed by atoms with Gasteiger partial charge in [-0.25, -0.2) is 0 Å². The van der Waals surface area contributed by atoms with Gasteiger partial charge in [-0.1, -0.05) is 18.5 Å². The number of aromatic nitrogens is 1. The summed E-state index contributed by atoms with van der Waals surface area (Å²) in [6.45, 7) is 6.52. The van der Waals surface area contributed by atoms with Crippen LogP contribution < -0.4 is 5.32 Å². The van der Waals surface area contributed by atoms with Crippen molar-refractivity contribution in [2.75, 3.05) is 19.6 Å². The molecule has 0 bridgehead atoms.